The van der Waals surface area contributed by atoms with E-state index in [-0.39, 0.29) is 43.1 Å². The Hall–Kier alpha value is -3.52. The fraction of sp³-hybridized carbons (Fsp3) is 0.429. The number of methoxy groups -OCH3 is 1. The fourth-order valence-electron chi connectivity index (χ4n) is 5.14. The molecule has 2 heterocycles. The van der Waals surface area contributed by atoms with Crippen LogP contribution < -0.4 is 5.32 Å². The highest BCUT2D eigenvalue weighted by atomic mass is 16.5. The molecule has 0 aliphatic carbocycles. The average molecular weight is 491 g/mol. The summed E-state index contributed by atoms with van der Waals surface area (Å²) in [5.74, 6) is -0.194. The first-order chi connectivity index (χ1) is 17.3. The summed E-state index contributed by atoms with van der Waals surface area (Å²) in [7, 11) is 1.59. The molecule has 4 rings (SSSR count). The summed E-state index contributed by atoms with van der Waals surface area (Å²) in [6.07, 6.45) is 1.03. The summed E-state index contributed by atoms with van der Waals surface area (Å²) in [4.78, 5) is 49.5. The van der Waals surface area contributed by atoms with Crippen LogP contribution in [-0.4, -0.2) is 52.9 Å². The van der Waals surface area contributed by atoms with E-state index in [4.69, 9.17) is 4.74 Å². The first kappa shape index (κ1) is 25.6. The Balaban J connectivity index is 1.61. The molecule has 0 unspecified atom stereocenters. The van der Waals surface area contributed by atoms with Crippen LogP contribution >= 0.6 is 0 Å². The number of carbonyl (C=O) groups excluding carboxylic acids is 3. The monoisotopic (exact) mass is 490 g/mol. The van der Waals surface area contributed by atoms with Crippen molar-refractivity contribution in [2.24, 2.45) is 0 Å². The minimum Gasteiger partial charge on any atom is -0.385 e. The van der Waals surface area contributed by atoms with Gasteiger partial charge < -0.3 is 15.0 Å². The lowest BCUT2D eigenvalue weighted by Crippen LogP contribution is -2.43. The van der Waals surface area contributed by atoms with Crippen molar-refractivity contribution in [2.45, 2.75) is 57.9 Å². The molecule has 0 radical (unpaired) electrons. The Morgan fingerprint density at radius 1 is 1.22 bits per heavy atom. The van der Waals surface area contributed by atoms with E-state index in [1.807, 2.05) is 63.2 Å². The van der Waals surface area contributed by atoms with E-state index in [1.54, 1.807) is 7.11 Å². The topological polar surface area (TPSA) is 104 Å². The Morgan fingerprint density at radius 3 is 2.72 bits per heavy atom. The van der Waals surface area contributed by atoms with Crippen molar-refractivity contribution in [3.63, 3.8) is 0 Å². The van der Waals surface area contributed by atoms with E-state index in [1.165, 1.54) is 4.90 Å². The molecule has 190 valence electrons. The molecule has 3 amide bonds. The van der Waals surface area contributed by atoms with Gasteiger partial charge in [-0.1, -0.05) is 37.3 Å². The summed E-state index contributed by atoms with van der Waals surface area (Å²) in [5.41, 5.74) is 3.24. The van der Waals surface area contributed by atoms with Gasteiger partial charge in [-0.05, 0) is 55.5 Å². The highest BCUT2D eigenvalue weighted by Crippen LogP contribution is 2.41. The van der Waals surface area contributed by atoms with Gasteiger partial charge in [0.05, 0.1) is 22.5 Å². The summed E-state index contributed by atoms with van der Waals surface area (Å²) in [6, 6.07) is 13.1. The van der Waals surface area contributed by atoms with Gasteiger partial charge in [-0.3, -0.25) is 19.3 Å². The number of hydrogen-bond acceptors (Lipinski definition) is 5. The number of benzene rings is 2. The van der Waals surface area contributed by atoms with Crippen LogP contribution in [0.2, 0.25) is 0 Å². The van der Waals surface area contributed by atoms with E-state index in [2.05, 4.69) is 15.3 Å². The van der Waals surface area contributed by atoms with Gasteiger partial charge in [0.25, 0.3) is 0 Å². The van der Waals surface area contributed by atoms with E-state index in [0.717, 1.165) is 27.7 Å². The molecule has 1 aliphatic rings. The standard InChI is InChI=1S/C28H34N4O4/c1-5-21(26-30-22-12-11-18(2)15-23(22)31-26)29-24(33)16-28(20-10-7-6-9-19(20)3)17-25(34)32(27(28)35)13-8-14-36-4/h6-7,9-12,15,21H,5,8,13-14,16-17H2,1-4H3,(H,29,33)(H,30,31)/t21-,28+/m1/s1. The second-order valence-corrected chi connectivity index (χ2v) is 9.62. The molecule has 1 saturated heterocycles. The molecule has 2 atom stereocenters. The maximum absolute atomic E-state index is 13.8. The Morgan fingerprint density at radius 2 is 2.00 bits per heavy atom. The van der Waals surface area contributed by atoms with Gasteiger partial charge in [0, 0.05) is 33.1 Å². The zero-order chi connectivity index (χ0) is 25.9. The molecule has 36 heavy (non-hydrogen) atoms. The smallest absolute Gasteiger partial charge is 0.240 e. The molecule has 8 heteroatoms. The van der Waals surface area contributed by atoms with Gasteiger partial charge in [0.1, 0.15) is 5.82 Å². The number of nitrogens with one attached hydrogen (secondary N) is 2. The maximum atomic E-state index is 13.8. The number of fused-ring (bicyclic) bond motifs is 1. The molecule has 2 N–H and O–H groups in total. The number of imide groups is 1. The van der Waals surface area contributed by atoms with Crippen LogP contribution in [0.1, 0.15) is 61.2 Å². The minimum absolute atomic E-state index is 0.0300. The number of aromatic nitrogens is 2. The van der Waals surface area contributed by atoms with Crippen molar-refractivity contribution in [1.82, 2.24) is 20.2 Å². The molecule has 0 bridgehead atoms. The summed E-state index contributed by atoms with van der Waals surface area (Å²) in [6.45, 7) is 6.62. The van der Waals surface area contributed by atoms with Gasteiger partial charge >= 0.3 is 0 Å². The van der Waals surface area contributed by atoms with E-state index in [0.29, 0.717) is 25.3 Å². The van der Waals surface area contributed by atoms with Gasteiger partial charge in [0.15, 0.2) is 0 Å². The molecule has 0 saturated carbocycles. The normalized spacial score (nSPS) is 18.7. The molecule has 1 fully saturated rings. The van der Waals surface area contributed by atoms with Crippen LogP contribution in [0.25, 0.3) is 11.0 Å². The van der Waals surface area contributed by atoms with Crippen LogP contribution in [0.5, 0.6) is 0 Å². The van der Waals surface area contributed by atoms with Crippen molar-refractivity contribution in [3.8, 4) is 0 Å². The fourth-order valence-corrected chi connectivity index (χ4v) is 5.14. The molecular formula is C28H34N4O4. The van der Waals surface area contributed by atoms with Crippen LogP contribution in [0.3, 0.4) is 0 Å². The van der Waals surface area contributed by atoms with E-state index < -0.39 is 5.41 Å². The Bertz CT molecular complexity index is 1280. The van der Waals surface area contributed by atoms with Crippen LogP contribution in [-0.2, 0) is 24.5 Å². The van der Waals surface area contributed by atoms with Crippen molar-refractivity contribution in [1.29, 1.82) is 0 Å². The Labute approximate surface area is 211 Å². The number of imidazole rings is 1. The number of H-pyrrole nitrogens is 1. The van der Waals surface area contributed by atoms with E-state index >= 15 is 0 Å². The zero-order valence-electron chi connectivity index (χ0n) is 21.4. The number of rotatable bonds is 10. The predicted molar refractivity (Wildman–Crippen MR) is 137 cm³/mol. The van der Waals surface area contributed by atoms with Gasteiger partial charge in [0.2, 0.25) is 17.7 Å². The van der Waals surface area contributed by atoms with Crippen molar-refractivity contribution >= 4 is 28.8 Å². The molecule has 8 nitrogen and oxygen atoms in total. The van der Waals surface area contributed by atoms with Crippen molar-refractivity contribution in [2.75, 3.05) is 20.3 Å². The molecule has 2 aromatic carbocycles. The molecule has 1 aliphatic heterocycles. The SMILES string of the molecule is CC[C@@H](NC(=O)C[C@@]1(c2ccccc2C)CC(=O)N(CCCOC)C1=O)c1nc2ccc(C)cc2[nH]1. The predicted octanol–water partition coefficient (Wildman–Crippen LogP) is 3.87. The molecule has 0 spiro atoms. The number of aromatic amines is 1. The first-order valence-electron chi connectivity index (χ1n) is 12.4. The highest BCUT2D eigenvalue weighted by Gasteiger charge is 2.54. The third-order valence-corrected chi connectivity index (χ3v) is 6.99. The lowest BCUT2D eigenvalue weighted by atomic mass is 9.74. The highest BCUT2D eigenvalue weighted by molar-refractivity contribution is 6.11. The van der Waals surface area contributed by atoms with Crippen LogP contribution in [0.4, 0.5) is 0 Å². The van der Waals surface area contributed by atoms with Crippen molar-refractivity contribution < 1.29 is 19.1 Å². The van der Waals surface area contributed by atoms with Crippen LogP contribution in [0, 0.1) is 13.8 Å². The lowest BCUT2D eigenvalue weighted by molar-refractivity contribution is -0.141. The summed E-state index contributed by atoms with van der Waals surface area (Å²) < 4.78 is 5.10. The summed E-state index contributed by atoms with van der Waals surface area (Å²) in [5, 5.41) is 3.07. The number of hydrogen-bond donors (Lipinski definition) is 2. The van der Waals surface area contributed by atoms with Gasteiger partial charge in [-0.25, -0.2) is 4.98 Å². The second kappa shape index (κ2) is 10.6. The molecular weight excluding hydrogens is 456 g/mol. The number of carbonyl (C=O) groups is 3. The molecule has 1 aromatic heterocycles. The van der Waals surface area contributed by atoms with E-state index in [9.17, 15) is 14.4 Å². The minimum atomic E-state index is -1.23. The van der Waals surface area contributed by atoms with Crippen LogP contribution in [0.15, 0.2) is 42.5 Å². The first-order valence-corrected chi connectivity index (χ1v) is 12.4. The Kier molecular flexibility index (Phi) is 7.54. The number of nitrogens with zero attached hydrogens (tertiary/aromatic N) is 2. The zero-order valence-corrected chi connectivity index (χ0v) is 21.4. The number of ether oxygens (including phenoxy) is 1. The maximum Gasteiger partial charge on any atom is 0.240 e. The van der Waals surface area contributed by atoms with Crippen molar-refractivity contribution in [3.05, 3.63) is 65.0 Å². The summed E-state index contributed by atoms with van der Waals surface area (Å²) >= 11 is 0. The average Bonchev–Trinajstić information content (AvgIpc) is 3.37. The van der Waals surface area contributed by atoms with Gasteiger partial charge in [-0.15, -0.1) is 0 Å². The number of likely N-dealkylation sites (tertiary alicyclic amines) is 1. The quantitative estimate of drug-likeness (QED) is 0.332. The number of aryl methyl sites for hydroxylation is 2. The lowest BCUT2D eigenvalue weighted by Gasteiger charge is -2.29. The second-order valence-electron chi connectivity index (χ2n) is 9.62. The third-order valence-electron chi connectivity index (χ3n) is 6.99. The third kappa shape index (κ3) is 4.91. The van der Waals surface area contributed by atoms with Gasteiger partial charge in [-0.2, -0.15) is 0 Å². The number of amides is 3. The largest absolute Gasteiger partial charge is 0.385 e. The molecule has 3 aromatic rings.